The first-order chi connectivity index (χ1) is 39.6. The van der Waals surface area contributed by atoms with Gasteiger partial charge in [0.2, 0.25) is 22.8 Å². The molecule has 0 aliphatic heterocycles. The van der Waals surface area contributed by atoms with Crippen molar-refractivity contribution in [2.24, 2.45) is 30.7 Å². The lowest BCUT2D eigenvalue weighted by atomic mass is 10.1. The van der Waals surface area contributed by atoms with Crippen molar-refractivity contribution in [1.29, 1.82) is 5.26 Å². The molecule has 5 aromatic carbocycles. The Morgan fingerprint density at radius 1 is 0.706 bits per heavy atom. The van der Waals surface area contributed by atoms with Crippen molar-refractivity contribution in [3.05, 3.63) is 77.4 Å². The topological polar surface area (TPSA) is 488 Å². The zero-order chi connectivity index (χ0) is 62.3. The number of nitrogens with zero attached hydrogens (tertiary/aromatic N) is 10. The highest BCUT2D eigenvalue weighted by Crippen LogP contribution is 2.45. The number of fused-ring (bicyclic) bond motifs is 6. The number of aryl methyl sites for hydroxylation is 1. The fourth-order valence-electron chi connectivity index (χ4n) is 8.18. The highest BCUT2D eigenvalue weighted by Gasteiger charge is 2.27. The summed E-state index contributed by atoms with van der Waals surface area (Å²) in [5.41, 5.74) is -1.29. The highest BCUT2D eigenvalue weighted by atomic mass is 32.2. The molecular formula is C47H42N12O19S7. The Kier molecular flexibility index (Phi) is 17.9. The summed E-state index contributed by atoms with van der Waals surface area (Å²) < 4.78 is 176. The van der Waals surface area contributed by atoms with Gasteiger partial charge in [-0.3, -0.25) is 36.8 Å². The Hall–Kier alpha value is -8.07. The van der Waals surface area contributed by atoms with E-state index < -0.39 is 94.5 Å². The summed E-state index contributed by atoms with van der Waals surface area (Å²) in [7, 11) is -23.6. The maximum absolute atomic E-state index is 12.6. The number of imidazole rings is 1. The standard InChI is InChI=1S/C47H42N12O19S7/c1-22-13-34(55-57-42-23(2)29(21-48)45-51-33-17-36(50-25(4)61)40(84(72,73)74)20-37(33)59(45)46(42)62)38(78-9-5-11-81(63,64)65)18-30(22)53-56-35-16-31(49-24(3)60)32(19-39(35)79-10-6-12-82(66,67)68)54-58-47-52-43-41(85(75,76)77)15-26-14-27(83(69,70)71)7-8-28(26)44(43)80-47/h7-8,13-20,62H,5-6,9-12H2,1-4H3,(H,49,60)(H,50,61)(H,63,64,65)(H,66,67,68)(H,69,70,71)(H,72,73,74)(H,75,76,77). The van der Waals surface area contributed by atoms with Crippen LogP contribution in [0.2, 0.25) is 0 Å². The first kappa shape index (κ1) is 63.0. The molecule has 0 atom stereocenters. The van der Waals surface area contributed by atoms with Crippen molar-refractivity contribution in [3.63, 3.8) is 0 Å². The molecule has 0 saturated heterocycles. The van der Waals surface area contributed by atoms with Gasteiger partial charge in [-0.05, 0) is 91.9 Å². The van der Waals surface area contributed by atoms with E-state index in [0.717, 1.165) is 64.8 Å². The van der Waals surface area contributed by atoms with Gasteiger partial charge in [-0.2, -0.15) is 52.5 Å². The van der Waals surface area contributed by atoms with E-state index >= 15 is 0 Å². The van der Waals surface area contributed by atoms with Crippen LogP contribution in [0.3, 0.4) is 0 Å². The largest absolute Gasteiger partial charge is 0.493 e. The van der Waals surface area contributed by atoms with E-state index in [-0.39, 0.29) is 130 Å². The van der Waals surface area contributed by atoms with E-state index in [4.69, 9.17) is 4.74 Å². The predicted octanol–water partition coefficient (Wildman–Crippen LogP) is 9.37. The van der Waals surface area contributed by atoms with Gasteiger partial charge in [0, 0.05) is 35.8 Å². The monoisotopic (exact) mass is 1300 g/mol. The molecule has 8 rings (SSSR count). The van der Waals surface area contributed by atoms with Gasteiger partial charge in [0.25, 0.3) is 50.6 Å². The quantitative estimate of drug-likeness (QED) is 0.0144. The molecule has 0 bridgehead atoms. The second-order valence-electron chi connectivity index (χ2n) is 18.1. The first-order valence-corrected chi connectivity index (χ1v) is 33.1. The molecule has 8 N–H and O–H groups in total. The summed E-state index contributed by atoms with van der Waals surface area (Å²) >= 11 is 1.78. The summed E-state index contributed by atoms with van der Waals surface area (Å²) in [6.07, 6.45) is -0.336. The fourth-order valence-corrected chi connectivity index (χ4v) is 13.2. The normalized spacial score (nSPS) is 12.8. The number of hydrogen-bond acceptors (Lipinski definition) is 25. The molecule has 3 aromatic heterocycles. The lowest BCUT2D eigenvalue weighted by molar-refractivity contribution is -0.115. The molecule has 0 unspecified atom stereocenters. The summed E-state index contributed by atoms with van der Waals surface area (Å²) in [6, 6.07) is 13.7. The Balaban J connectivity index is 1.22. The van der Waals surface area contributed by atoms with Crippen LogP contribution in [-0.2, 0) is 60.2 Å². The number of nitrogens with one attached hydrogen (secondary N) is 2. The highest BCUT2D eigenvalue weighted by molar-refractivity contribution is 7.99. The molecule has 0 aliphatic rings. The second-order valence-corrected chi connectivity index (χ2v) is 27.6. The van der Waals surface area contributed by atoms with Crippen LogP contribution in [0.4, 0.5) is 44.9 Å². The third-order valence-electron chi connectivity index (χ3n) is 11.9. The number of benzene rings is 5. The second kappa shape index (κ2) is 24.1. The molecule has 3 heterocycles. The van der Waals surface area contributed by atoms with Crippen molar-refractivity contribution < 1.29 is 84.3 Å². The van der Waals surface area contributed by atoms with Crippen molar-refractivity contribution in [1.82, 2.24) is 14.4 Å². The lowest BCUT2D eigenvalue weighted by Crippen LogP contribution is -2.11. The maximum atomic E-state index is 12.6. The zero-order valence-corrected chi connectivity index (χ0v) is 49.6. The number of ether oxygens (including phenoxy) is 1. The number of anilines is 2. The van der Waals surface area contributed by atoms with Crippen LogP contribution in [0.5, 0.6) is 11.6 Å². The van der Waals surface area contributed by atoms with Gasteiger partial charge in [-0.1, -0.05) is 17.4 Å². The molecule has 0 saturated carbocycles. The SMILES string of the molecule is CC(=O)Nc1cc(N=Nc2cc(OCCCS(=O)(=O)O)c(N=Nc3c(C)c(C#N)c4nc5cc(NC(C)=O)c(S(=O)(=O)O)cc5n4c3O)cc2C)c(SCCCS(=O)(=O)O)cc1N=Nc1nc2c(S(=O)(=O)O)cc3cc(S(=O)(=O)O)ccc3c2s1. The third-order valence-corrected chi connectivity index (χ3v) is 18.2. The van der Waals surface area contributed by atoms with Gasteiger partial charge in [-0.25, -0.2) is 9.97 Å². The van der Waals surface area contributed by atoms with E-state index in [1.54, 1.807) is 6.92 Å². The number of hydrogen-bond donors (Lipinski definition) is 8. The number of pyridine rings is 1. The molecule has 446 valence electrons. The molecule has 2 amide bonds. The zero-order valence-electron chi connectivity index (χ0n) is 43.8. The van der Waals surface area contributed by atoms with Crippen LogP contribution in [0.25, 0.3) is 37.7 Å². The third kappa shape index (κ3) is 14.7. The molecule has 31 nitrogen and oxygen atoms in total. The van der Waals surface area contributed by atoms with Crippen molar-refractivity contribution in [3.8, 4) is 17.7 Å². The Morgan fingerprint density at radius 2 is 1.34 bits per heavy atom. The minimum absolute atomic E-state index is 0.0144. The number of aromatic hydroxyl groups is 1. The molecule has 0 spiro atoms. The van der Waals surface area contributed by atoms with E-state index in [0.29, 0.717) is 5.56 Å². The van der Waals surface area contributed by atoms with E-state index in [1.807, 2.05) is 6.07 Å². The first-order valence-electron chi connectivity index (χ1n) is 23.8. The Morgan fingerprint density at radius 3 is 1.98 bits per heavy atom. The molecular weight excluding hydrogens is 1260 g/mol. The summed E-state index contributed by atoms with van der Waals surface area (Å²) in [6.45, 7) is 4.85. The van der Waals surface area contributed by atoms with Crippen LogP contribution < -0.4 is 15.4 Å². The molecule has 8 aromatic rings. The average Bonchev–Trinajstić information content (AvgIpc) is 1.81. The predicted molar refractivity (Wildman–Crippen MR) is 307 cm³/mol. The molecule has 38 heteroatoms. The maximum Gasteiger partial charge on any atom is 0.296 e. The van der Waals surface area contributed by atoms with Crippen LogP contribution in [0.15, 0.2) is 111 Å². The number of aromatic nitrogens is 3. The molecule has 0 fully saturated rings. The van der Waals surface area contributed by atoms with Crippen LogP contribution >= 0.6 is 23.1 Å². The van der Waals surface area contributed by atoms with Crippen molar-refractivity contribution in [2.45, 2.75) is 60.1 Å². The summed E-state index contributed by atoms with van der Waals surface area (Å²) in [4.78, 5) is 31.3. The number of carbonyl (C=O) groups excluding carboxylic acids is 2. The van der Waals surface area contributed by atoms with E-state index in [2.05, 4.69) is 51.3 Å². The van der Waals surface area contributed by atoms with Crippen LogP contribution in [0, 0.1) is 25.2 Å². The number of nitriles is 1. The average molecular weight is 1300 g/mol. The smallest absolute Gasteiger partial charge is 0.296 e. The van der Waals surface area contributed by atoms with E-state index in [9.17, 15) is 84.8 Å². The van der Waals surface area contributed by atoms with Crippen molar-refractivity contribution in [2.75, 3.05) is 34.5 Å². The number of thioether (sulfide) groups is 1. The van der Waals surface area contributed by atoms with Gasteiger partial charge < -0.3 is 20.5 Å². The Labute approximate surface area is 489 Å². The number of rotatable bonds is 21. The Bertz CT molecular complexity index is 4890. The van der Waals surface area contributed by atoms with Crippen LogP contribution in [-0.4, -0.2) is 120 Å². The minimum Gasteiger partial charge on any atom is -0.493 e. The van der Waals surface area contributed by atoms with Gasteiger partial charge in [0.1, 0.15) is 49.8 Å². The minimum atomic E-state index is -5.01. The van der Waals surface area contributed by atoms with E-state index in [1.165, 1.54) is 44.2 Å². The van der Waals surface area contributed by atoms with Gasteiger partial charge in [0.15, 0.2) is 11.3 Å². The molecule has 0 radical (unpaired) electrons. The van der Waals surface area contributed by atoms with Gasteiger partial charge >= 0.3 is 0 Å². The number of carbonyl (C=O) groups is 2. The fraction of sp³-hybridized carbons (Fsp3) is 0.213. The molecule has 0 aliphatic carbocycles. The summed E-state index contributed by atoms with van der Waals surface area (Å²) in [5.74, 6) is -3.50. The molecule has 85 heavy (non-hydrogen) atoms. The van der Waals surface area contributed by atoms with Crippen LogP contribution in [0.1, 0.15) is 43.4 Å². The lowest BCUT2D eigenvalue weighted by Gasteiger charge is -2.13. The number of amides is 2. The number of thiazole rings is 1. The van der Waals surface area contributed by atoms with Gasteiger partial charge in [-0.15, -0.1) is 37.3 Å². The number of azo groups is 3. The van der Waals surface area contributed by atoms with Crippen molar-refractivity contribution >= 4 is 168 Å². The summed E-state index contributed by atoms with van der Waals surface area (Å²) in [5, 5.41) is 52.8. The van der Waals surface area contributed by atoms with Gasteiger partial charge in [0.05, 0.1) is 55.8 Å².